The number of carboxylic acid groups (broad SMARTS) is 1. The lowest BCUT2D eigenvalue weighted by molar-refractivity contribution is 0.203. The van der Waals surface area contributed by atoms with E-state index in [1.165, 1.54) is 7.05 Å². The minimum Gasteiger partial charge on any atom is -0.465 e. The fourth-order valence-corrected chi connectivity index (χ4v) is 2.03. The molecule has 0 atom stereocenters. The molecule has 0 aliphatic heterocycles. The summed E-state index contributed by atoms with van der Waals surface area (Å²) in [5, 5.41) is 9.27. The van der Waals surface area contributed by atoms with E-state index in [0.717, 1.165) is 9.80 Å². The molecule has 5 heteroatoms. The molecule has 0 aliphatic rings. The van der Waals surface area contributed by atoms with Gasteiger partial charge in [0.05, 0.1) is 4.90 Å². The van der Waals surface area contributed by atoms with Gasteiger partial charge in [0.25, 0.3) is 0 Å². The Labute approximate surface area is 93.3 Å². The Bertz CT molecular complexity index is 355. The van der Waals surface area contributed by atoms with Crippen LogP contribution < -0.4 is 4.90 Å². The first-order valence-electron chi connectivity index (χ1n) is 4.60. The van der Waals surface area contributed by atoms with Gasteiger partial charge >= 0.3 is 6.09 Å². The quantitative estimate of drug-likeness (QED) is 0.805. The van der Waals surface area contributed by atoms with E-state index in [9.17, 15) is 4.79 Å². The van der Waals surface area contributed by atoms with Gasteiger partial charge in [-0.05, 0) is 12.1 Å². The number of rotatable bonds is 3. The summed E-state index contributed by atoms with van der Waals surface area (Å²) in [6, 6.07) is 3.69. The van der Waals surface area contributed by atoms with E-state index < -0.39 is 6.09 Å². The van der Waals surface area contributed by atoms with E-state index in [4.69, 9.17) is 5.11 Å². The fourth-order valence-electron chi connectivity index (χ4n) is 1.07. The van der Waals surface area contributed by atoms with Crippen LogP contribution in [0, 0.1) is 0 Å². The summed E-state index contributed by atoms with van der Waals surface area (Å²) < 4.78 is 0. The van der Waals surface area contributed by atoms with Crippen LogP contribution in [0.4, 0.5) is 10.6 Å². The number of hydrogen-bond acceptors (Lipinski definition) is 3. The van der Waals surface area contributed by atoms with Gasteiger partial charge in [0.1, 0.15) is 0 Å². The van der Waals surface area contributed by atoms with Gasteiger partial charge in [0.2, 0.25) is 0 Å². The average molecular weight is 226 g/mol. The van der Waals surface area contributed by atoms with Gasteiger partial charge in [-0.15, -0.1) is 11.8 Å². The molecule has 0 saturated heterocycles. The molecule has 1 amide bonds. The van der Waals surface area contributed by atoms with Gasteiger partial charge in [-0.1, -0.05) is 13.8 Å². The molecule has 15 heavy (non-hydrogen) atoms. The van der Waals surface area contributed by atoms with E-state index in [1.54, 1.807) is 18.0 Å². The second-order valence-corrected chi connectivity index (χ2v) is 4.95. The van der Waals surface area contributed by atoms with Crippen LogP contribution in [0.2, 0.25) is 0 Å². The van der Waals surface area contributed by atoms with Crippen molar-refractivity contribution in [2.45, 2.75) is 24.0 Å². The highest BCUT2D eigenvalue weighted by Gasteiger charge is 2.15. The summed E-state index contributed by atoms with van der Waals surface area (Å²) in [6.45, 7) is 4.12. The van der Waals surface area contributed by atoms with Crippen LogP contribution in [0.25, 0.3) is 0 Å². The zero-order chi connectivity index (χ0) is 11.4. The molecule has 1 aromatic rings. The van der Waals surface area contributed by atoms with Crippen molar-refractivity contribution in [1.29, 1.82) is 0 Å². The van der Waals surface area contributed by atoms with E-state index >= 15 is 0 Å². The van der Waals surface area contributed by atoms with Crippen molar-refractivity contribution in [2.75, 3.05) is 11.9 Å². The normalized spacial score (nSPS) is 10.4. The van der Waals surface area contributed by atoms with E-state index in [2.05, 4.69) is 18.8 Å². The molecule has 82 valence electrons. The molecular weight excluding hydrogens is 212 g/mol. The van der Waals surface area contributed by atoms with Gasteiger partial charge in [-0.3, -0.25) is 4.90 Å². The number of thioether (sulfide) groups is 1. The molecule has 0 unspecified atom stereocenters. The summed E-state index contributed by atoms with van der Waals surface area (Å²) in [6.07, 6.45) is 0.596. The predicted molar refractivity (Wildman–Crippen MR) is 61.7 cm³/mol. The Balaban J connectivity index is 3.00. The molecule has 0 aromatic carbocycles. The van der Waals surface area contributed by atoms with Crippen molar-refractivity contribution in [2.24, 2.45) is 0 Å². The maximum Gasteiger partial charge on any atom is 0.412 e. The van der Waals surface area contributed by atoms with Crippen LogP contribution in [0.15, 0.2) is 23.2 Å². The summed E-state index contributed by atoms with van der Waals surface area (Å²) in [5.74, 6) is 0.490. The molecule has 1 aromatic heterocycles. The third kappa shape index (κ3) is 3.13. The molecule has 1 rings (SSSR count). The SMILES string of the molecule is CC(C)Sc1cccnc1N(C)C(=O)O. The smallest absolute Gasteiger partial charge is 0.412 e. The van der Waals surface area contributed by atoms with Crippen molar-refractivity contribution in [3.8, 4) is 0 Å². The lowest BCUT2D eigenvalue weighted by atomic mass is 10.4. The zero-order valence-electron chi connectivity index (χ0n) is 8.97. The monoisotopic (exact) mass is 226 g/mol. The van der Waals surface area contributed by atoms with Crippen molar-refractivity contribution < 1.29 is 9.90 Å². The summed E-state index contributed by atoms with van der Waals surface area (Å²) in [5.41, 5.74) is 0. The summed E-state index contributed by atoms with van der Waals surface area (Å²) >= 11 is 1.60. The zero-order valence-corrected chi connectivity index (χ0v) is 9.78. The largest absolute Gasteiger partial charge is 0.465 e. The van der Waals surface area contributed by atoms with Gasteiger partial charge in [0, 0.05) is 18.5 Å². The third-order valence-corrected chi connectivity index (χ3v) is 2.76. The highest BCUT2D eigenvalue weighted by Crippen LogP contribution is 2.30. The van der Waals surface area contributed by atoms with Crippen molar-refractivity contribution >= 4 is 23.7 Å². The molecule has 0 bridgehead atoms. The Morgan fingerprint density at radius 1 is 1.60 bits per heavy atom. The second-order valence-electron chi connectivity index (χ2n) is 3.33. The van der Waals surface area contributed by atoms with Crippen molar-refractivity contribution in [3.63, 3.8) is 0 Å². The minimum atomic E-state index is -1.00. The van der Waals surface area contributed by atoms with Crippen LogP contribution in [-0.2, 0) is 0 Å². The number of anilines is 1. The minimum absolute atomic E-state index is 0.398. The first kappa shape index (κ1) is 11.8. The Kier molecular flexibility index (Phi) is 3.96. The van der Waals surface area contributed by atoms with Crippen LogP contribution >= 0.6 is 11.8 Å². The number of aromatic nitrogens is 1. The number of pyridine rings is 1. The topological polar surface area (TPSA) is 53.4 Å². The maximum atomic E-state index is 10.8. The summed E-state index contributed by atoms with van der Waals surface area (Å²) in [4.78, 5) is 16.9. The number of amides is 1. The van der Waals surface area contributed by atoms with Crippen LogP contribution in [0.5, 0.6) is 0 Å². The highest BCUT2D eigenvalue weighted by molar-refractivity contribution is 8.00. The van der Waals surface area contributed by atoms with Gasteiger partial charge in [0.15, 0.2) is 5.82 Å². The standard InChI is InChI=1S/C10H14N2O2S/c1-7(2)15-8-5-4-6-11-9(8)12(3)10(13)14/h4-7H,1-3H3,(H,13,14). The van der Waals surface area contributed by atoms with E-state index in [-0.39, 0.29) is 0 Å². The predicted octanol–water partition coefficient (Wildman–Crippen LogP) is 2.70. The van der Waals surface area contributed by atoms with Gasteiger partial charge in [-0.25, -0.2) is 9.78 Å². The second kappa shape index (κ2) is 5.02. The van der Waals surface area contributed by atoms with E-state index in [0.29, 0.717) is 11.1 Å². The molecule has 0 aliphatic carbocycles. The lowest BCUT2D eigenvalue weighted by Gasteiger charge is -2.16. The summed E-state index contributed by atoms with van der Waals surface area (Å²) in [7, 11) is 1.50. The molecule has 0 saturated carbocycles. The first-order valence-corrected chi connectivity index (χ1v) is 5.48. The highest BCUT2D eigenvalue weighted by atomic mass is 32.2. The number of hydrogen-bond donors (Lipinski definition) is 1. The van der Waals surface area contributed by atoms with E-state index in [1.807, 2.05) is 12.1 Å². The Morgan fingerprint density at radius 3 is 2.80 bits per heavy atom. The van der Waals surface area contributed by atoms with Gasteiger partial charge in [-0.2, -0.15) is 0 Å². The lowest BCUT2D eigenvalue weighted by Crippen LogP contribution is -2.25. The number of nitrogens with zero attached hydrogens (tertiary/aromatic N) is 2. The van der Waals surface area contributed by atoms with Crippen molar-refractivity contribution in [3.05, 3.63) is 18.3 Å². The van der Waals surface area contributed by atoms with Crippen LogP contribution in [-0.4, -0.2) is 28.5 Å². The van der Waals surface area contributed by atoms with Crippen LogP contribution in [0.1, 0.15) is 13.8 Å². The Hall–Kier alpha value is -1.23. The molecule has 0 fully saturated rings. The molecule has 1 N–H and O–H groups in total. The maximum absolute atomic E-state index is 10.8. The molecule has 0 spiro atoms. The molecule has 0 radical (unpaired) electrons. The first-order chi connectivity index (χ1) is 7.02. The third-order valence-electron chi connectivity index (χ3n) is 1.72. The average Bonchev–Trinajstić information content (AvgIpc) is 2.16. The van der Waals surface area contributed by atoms with Crippen LogP contribution in [0.3, 0.4) is 0 Å². The number of carbonyl (C=O) groups is 1. The Morgan fingerprint density at radius 2 is 2.27 bits per heavy atom. The fraction of sp³-hybridized carbons (Fsp3) is 0.400. The molecule has 4 nitrogen and oxygen atoms in total. The molecule has 1 heterocycles. The van der Waals surface area contributed by atoms with Gasteiger partial charge < -0.3 is 5.11 Å². The molecular formula is C10H14N2O2S. The van der Waals surface area contributed by atoms with Crippen molar-refractivity contribution in [1.82, 2.24) is 4.98 Å².